The van der Waals surface area contributed by atoms with Gasteiger partial charge in [-0.05, 0) is 5.56 Å². The van der Waals surface area contributed by atoms with Crippen LogP contribution in [0.1, 0.15) is 5.56 Å². The Morgan fingerprint density at radius 3 is 2.83 bits per heavy atom. The summed E-state index contributed by atoms with van der Waals surface area (Å²) in [7, 11) is 1.97. The average Bonchev–Trinajstić information content (AvgIpc) is 2.87. The van der Waals surface area contributed by atoms with Gasteiger partial charge >= 0.3 is 0 Å². The number of rotatable bonds is 3. The van der Waals surface area contributed by atoms with Crippen LogP contribution in [-0.2, 0) is 6.54 Å². The van der Waals surface area contributed by atoms with Crippen LogP contribution in [0.25, 0.3) is 11.2 Å². The standard InChI is InChI=1S/C13H13N5/c1-18(8-10-5-3-2-4-6-10)13-14-7-11-12(17-13)16-9-15-11/h2-7,9H,8H2,1H3,(H,14,15,16,17). The van der Waals surface area contributed by atoms with E-state index in [1.165, 1.54) is 5.56 Å². The maximum Gasteiger partial charge on any atom is 0.227 e. The zero-order chi connectivity index (χ0) is 12.4. The highest BCUT2D eigenvalue weighted by Crippen LogP contribution is 2.12. The van der Waals surface area contributed by atoms with Crippen molar-refractivity contribution in [2.75, 3.05) is 11.9 Å². The van der Waals surface area contributed by atoms with Gasteiger partial charge in [-0.2, -0.15) is 4.98 Å². The molecule has 18 heavy (non-hydrogen) atoms. The third kappa shape index (κ3) is 2.02. The van der Waals surface area contributed by atoms with Crippen molar-refractivity contribution in [1.82, 2.24) is 19.9 Å². The summed E-state index contributed by atoms with van der Waals surface area (Å²) in [5.74, 6) is 0.679. The molecule has 5 heteroatoms. The van der Waals surface area contributed by atoms with Gasteiger partial charge in [-0.25, -0.2) is 9.97 Å². The lowest BCUT2D eigenvalue weighted by atomic mass is 10.2. The Hall–Kier alpha value is -2.43. The molecule has 0 saturated carbocycles. The SMILES string of the molecule is CN(Cc1ccccc1)c1ncc2[nH]cnc2n1. The Morgan fingerprint density at radius 1 is 1.17 bits per heavy atom. The van der Waals surface area contributed by atoms with E-state index >= 15 is 0 Å². The number of anilines is 1. The number of aromatic amines is 1. The fourth-order valence-electron chi connectivity index (χ4n) is 1.84. The van der Waals surface area contributed by atoms with Crippen LogP contribution >= 0.6 is 0 Å². The molecule has 0 aliphatic heterocycles. The van der Waals surface area contributed by atoms with Crippen LogP contribution in [0.15, 0.2) is 42.9 Å². The molecule has 0 amide bonds. The van der Waals surface area contributed by atoms with Crippen molar-refractivity contribution in [2.24, 2.45) is 0 Å². The Balaban J connectivity index is 1.85. The number of benzene rings is 1. The molecule has 2 aromatic heterocycles. The number of nitrogens with zero attached hydrogens (tertiary/aromatic N) is 4. The second-order valence-corrected chi connectivity index (χ2v) is 4.15. The molecule has 2 heterocycles. The Labute approximate surface area is 105 Å². The number of fused-ring (bicyclic) bond motifs is 1. The van der Waals surface area contributed by atoms with Gasteiger partial charge in [-0.3, -0.25) is 0 Å². The van der Waals surface area contributed by atoms with Crippen molar-refractivity contribution in [3.05, 3.63) is 48.4 Å². The summed E-state index contributed by atoms with van der Waals surface area (Å²) in [5, 5.41) is 0. The van der Waals surface area contributed by atoms with Gasteiger partial charge in [-0.15, -0.1) is 0 Å². The lowest BCUT2D eigenvalue weighted by Crippen LogP contribution is -2.18. The van der Waals surface area contributed by atoms with Crippen LogP contribution < -0.4 is 4.90 Å². The number of hydrogen-bond donors (Lipinski definition) is 1. The van der Waals surface area contributed by atoms with E-state index in [-0.39, 0.29) is 0 Å². The maximum atomic E-state index is 4.40. The molecule has 0 radical (unpaired) electrons. The first-order chi connectivity index (χ1) is 8.83. The molecule has 0 fully saturated rings. The van der Waals surface area contributed by atoms with Crippen LogP contribution in [0, 0.1) is 0 Å². The summed E-state index contributed by atoms with van der Waals surface area (Å²) in [6, 6.07) is 10.2. The highest BCUT2D eigenvalue weighted by molar-refractivity contribution is 5.69. The van der Waals surface area contributed by atoms with Crippen LogP contribution in [0.2, 0.25) is 0 Å². The van der Waals surface area contributed by atoms with Crippen LogP contribution in [0.5, 0.6) is 0 Å². The van der Waals surface area contributed by atoms with E-state index in [2.05, 4.69) is 32.1 Å². The van der Waals surface area contributed by atoms with Crippen molar-refractivity contribution in [2.45, 2.75) is 6.54 Å². The van der Waals surface area contributed by atoms with E-state index in [9.17, 15) is 0 Å². The molecular formula is C13H13N5. The number of H-pyrrole nitrogens is 1. The van der Waals surface area contributed by atoms with E-state index in [0.29, 0.717) is 11.6 Å². The second-order valence-electron chi connectivity index (χ2n) is 4.15. The average molecular weight is 239 g/mol. The Morgan fingerprint density at radius 2 is 2.00 bits per heavy atom. The van der Waals surface area contributed by atoms with E-state index < -0.39 is 0 Å². The third-order valence-corrected chi connectivity index (χ3v) is 2.77. The van der Waals surface area contributed by atoms with Crippen LogP contribution in [-0.4, -0.2) is 27.0 Å². The monoisotopic (exact) mass is 239 g/mol. The third-order valence-electron chi connectivity index (χ3n) is 2.77. The van der Waals surface area contributed by atoms with Crippen LogP contribution in [0.4, 0.5) is 5.95 Å². The molecular weight excluding hydrogens is 226 g/mol. The van der Waals surface area contributed by atoms with Gasteiger partial charge in [0.05, 0.1) is 12.5 Å². The van der Waals surface area contributed by atoms with Gasteiger partial charge in [0.25, 0.3) is 0 Å². The molecule has 0 saturated heterocycles. The quantitative estimate of drug-likeness (QED) is 0.759. The smallest absolute Gasteiger partial charge is 0.227 e. The van der Waals surface area contributed by atoms with Gasteiger partial charge < -0.3 is 9.88 Å². The van der Waals surface area contributed by atoms with E-state index in [0.717, 1.165) is 12.1 Å². The first-order valence-corrected chi connectivity index (χ1v) is 5.74. The molecule has 0 aliphatic rings. The molecule has 0 aliphatic carbocycles. The zero-order valence-electron chi connectivity index (χ0n) is 10.0. The molecule has 1 N–H and O–H groups in total. The van der Waals surface area contributed by atoms with E-state index in [4.69, 9.17) is 0 Å². The molecule has 1 aromatic carbocycles. The minimum absolute atomic E-state index is 0.679. The highest BCUT2D eigenvalue weighted by atomic mass is 15.2. The predicted octanol–water partition coefficient (Wildman–Crippen LogP) is 1.99. The molecule has 0 atom stereocenters. The van der Waals surface area contributed by atoms with Gasteiger partial charge in [0.15, 0.2) is 5.65 Å². The first-order valence-electron chi connectivity index (χ1n) is 5.74. The summed E-state index contributed by atoms with van der Waals surface area (Å²) >= 11 is 0. The van der Waals surface area contributed by atoms with E-state index in [1.54, 1.807) is 12.5 Å². The minimum Gasteiger partial charge on any atom is -0.342 e. The summed E-state index contributed by atoms with van der Waals surface area (Å²) in [6.45, 7) is 0.775. The number of aromatic nitrogens is 4. The van der Waals surface area contributed by atoms with Gasteiger partial charge in [-0.1, -0.05) is 30.3 Å². The van der Waals surface area contributed by atoms with Gasteiger partial charge in [0.2, 0.25) is 5.95 Å². The summed E-state index contributed by atoms with van der Waals surface area (Å²) < 4.78 is 0. The Kier molecular flexibility index (Phi) is 2.64. The van der Waals surface area contributed by atoms with Crippen molar-refractivity contribution < 1.29 is 0 Å². The molecule has 5 nitrogen and oxygen atoms in total. The van der Waals surface area contributed by atoms with Gasteiger partial charge in [0, 0.05) is 13.6 Å². The Bertz CT molecular complexity index is 647. The lowest BCUT2D eigenvalue weighted by Gasteiger charge is -2.16. The predicted molar refractivity (Wildman–Crippen MR) is 70.2 cm³/mol. The highest BCUT2D eigenvalue weighted by Gasteiger charge is 2.07. The largest absolute Gasteiger partial charge is 0.342 e. The molecule has 0 bridgehead atoms. The topological polar surface area (TPSA) is 57.7 Å². The van der Waals surface area contributed by atoms with Crippen LogP contribution in [0.3, 0.4) is 0 Å². The number of hydrogen-bond acceptors (Lipinski definition) is 4. The summed E-state index contributed by atoms with van der Waals surface area (Å²) in [5.41, 5.74) is 2.78. The molecule has 3 aromatic rings. The van der Waals surface area contributed by atoms with Crippen molar-refractivity contribution in [3.63, 3.8) is 0 Å². The van der Waals surface area contributed by atoms with Crippen molar-refractivity contribution in [3.8, 4) is 0 Å². The zero-order valence-corrected chi connectivity index (χ0v) is 10.0. The van der Waals surface area contributed by atoms with Crippen molar-refractivity contribution in [1.29, 1.82) is 0 Å². The minimum atomic E-state index is 0.679. The fraction of sp³-hybridized carbons (Fsp3) is 0.154. The summed E-state index contributed by atoms with van der Waals surface area (Å²) in [4.78, 5) is 17.8. The first kappa shape index (κ1) is 10.7. The second kappa shape index (κ2) is 4.44. The maximum absolute atomic E-state index is 4.40. The molecule has 90 valence electrons. The van der Waals surface area contributed by atoms with Gasteiger partial charge in [0.1, 0.15) is 5.52 Å². The number of nitrogens with one attached hydrogen (secondary N) is 1. The molecule has 0 spiro atoms. The summed E-state index contributed by atoms with van der Waals surface area (Å²) in [6.07, 6.45) is 3.38. The molecule has 3 rings (SSSR count). The lowest BCUT2D eigenvalue weighted by molar-refractivity contribution is 0.872. The molecule has 0 unspecified atom stereocenters. The fourth-order valence-corrected chi connectivity index (χ4v) is 1.84. The normalized spacial score (nSPS) is 10.7. The number of imidazole rings is 1. The van der Waals surface area contributed by atoms with Crippen molar-refractivity contribution >= 4 is 17.1 Å². The van der Waals surface area contributed by atoms with E-state index in [1.807, 2.05) is 30.1 Å².